The average molecular weight is 260 g/mol. The van der Waals surface area contributed by atoms with Gasteiger partial charge in [-0.15, -0.1) is 0 Å². The van der Waals surface area contributed by atoms with E-state index in [0.717, 1.165) is 11.5 Å². The van der Waals surface area contributed by atoms with Gasteiger partial charge in [-0.05, 0) is 41.2 Å². The molecule has 1 heteroatoms. The molecule has 1 aromatic carbocycles. The number of hydrogen-bond acceptors (Lipinski definition) is 1. The highest BCUT2D eigenvalue weighted by molar-refractivity contribution is 5.29. The van der Waals surface area contributed by atoms with Crippen molar-refractivity contribution in [3.05, 3.63) is 35.4 Å². The zero-order valence-electron chi connectivity index (χ0n) is 12.8. The molecule has 19 heavy (non-hydrogen) atoms. The van der Waals surface area contributed by atoms with Crippen LogP contribution in [0.1, 0.15) is 70.6 Å². The smallest absolute Gasteiger partial charge is 0.0818 e. The summed E-state index contributed by atoms with van der Waals surface area (Å²) in [5.74, 6) is 1.29. The van der Waals surface area contributed by atoms with E-state index in [1.54, 1.807) is 0 Å². The summed E-state index contributed by atoms with van der Waals surface area (Å²) in [6.45, 7) is 8.99. The highest BCUT2D eigenvalue weighted by Crippen LogP contribution is 2.37. The van der Waals surface area contributed by atoms with Gasteiger partial charge in [-0.3, -0.25) is 0 Å². The van der Waals surface area contributed by atoms with Crippen LogP contribution in [0.4, 0.5) is 0 Å². The van der Waals surface area contributed by atoms with E-state index >= 15 is 0 Å². The Morgan fingerprint density at radius 2 is 1.53 bits per heavy atom. The second kappa shape index (κ2) is 5.66. The summed E-state index contributed by atoms with van der Waals surface area (Å²) in [4.78, 5) is 0. The van der Waals surface area contributed by atoms with Gasteiger partial charge in [-0.25, -0.2) is 0 Å². The number of rotatable bonds is 2. The van der Waals surface area contributed by atoms with Gasteiger partial charge in [0.15, 0.2) is 0 Å². The Kier molecular flexibility index (Phi) is 4.35. The minimum absolute atomic E-state index is 0.184. The second-order valence-corrected chi connectivity index (χ2v) is 7.34. The molecular formula is C18H28O. The van der Waals surface area contributed by atoms with Gasteiger partial charge in [0, 0.05) is 0 Å². The molecule has 1 atom stereocenters. The summed E-state index contributed by atoms with van der Waals surface area (Å²) in [6.07, 6.45) is 4.59. The van der Waals surface area contributed by atoms with E-state index in [4.69, 9.17) is 0 Å². The first-order valence-electron chi connectivity index (χ1n) is 7.66. The van der Waals surface area contributed by atoms with Crippen LogP contribution in [0.5, 0.6) is 0 Å². The Labute approximate surface area is 118 Å². The fourth-order valence-electron chi connectivity index (χ4n) is 3.05. The Balaban J connectivity index is 2.05. The van der Waals surface area contributed by atoms with Gasteiger partial charge < -0.3 is 5.11 Å². The Hall–Kier alpha value is -0.820. The Morgan fingerprint density at radius 3 is 2.00 bits per heavy atom. The molecule has 1 fully saturated rings. The molecule has 2 rings (SSSR count). The van der Waals surface area contributed by atoms with Crippen molar-refractivity contribution in [2.75, 3.05) is 0 Å². The first kappa shape index (κ1) is 14.6. The molecule has 0 amide bonds. The van der Waals surface area contributed by atoms with Crippen molar-refractivity contribution < 1.29 is 5.11 Å². The highest BCUT2D eigenvalue weighted by Gasteiger charge is 2.25. The molecule has 0 heterocycles. The quantitative estimate of drug-likeness (QED) is 0.806. The van der Waals surface area contributed by atoms with Crippen LogP contribution in [-0.2, 0) is 5.41 Å². The van der Waals surface area contributed by atoms with Crippen LogP contribution in [0.25, 0.3) is 0 Å². The van der Waals surface area contributed by atoms with Gasteiger partial charge in [-0.1, -0.05) is 64.8 Å². The van der Waals surface area contributed by atoms with Crippen LogP contribution in [0.3, 0.4) is 0 Å². The fourth-order valence-corrected chi connectivity index (χ4v) is 3.05. The van der Waals surface area contributed by atoms with E-state index in [1.165, 1.54) is 31.2 Å². The third-order valence-electron chi connectivity index (χ3n) is 4.63. The lowest BCUT2D eigenvalue weighted by molar-refractivity contribution is 0.0755. The molecule has 0 radical (unpaired) electrons. The number of benzene rings is 1. The van der Waals surface area contributed by atoms with Gasteiger partial charge in [0.25, 0.3) is 0 Å². The van der Waals surface area contributed by atoms with Crippen molar-refractivity contribution in [3.8, 4) is 0 Å². The largest absolute Gasteiger partial charge is 0.388 e. The molecule has 0 aromatic heterocycles. The maximum absolute atomic E-state index is 10.5. The molecular weight excluding hydrogens is 232 g/mol. The monoisotopic (exact) mass is 260 g/mol. The SMILES string of the molecule is CC1CCC(C(O)c2ccc(C(C)(C)C)cc2)CC1. The first-order chi connectivity index (χ1) is 8.88. The van der Waals surface area contributed by atoms with Crippen LogP contribution in [0.15, 0.2) is 24.3 Å². The summed E-state index contributed by atoms with van der Waals surface area (Å²) in [5.41, 5.74) is 2.61. The van der Waals surface area contributed by atoms with E-state index in [9.17, 15) is 5.11 Å². The molecule has 1 aliphatic carbocycles. The maximum Gasteiger partial charge on any atom is 0.0818 e. The Bertz CT molecular complexity index is 391. The summed E-state index contributed by atoms with van der Waals surface area (Å²) in [6, 6.07) is 8.57. The predicted octanol–water partition coefficient (Wildman–Crippen LogP) is 4.84. The van der Waals surface area contributed by atoms with Crippen LogP contribution >= 0.6 is 0 Å². The van der Waals surface area contributed by atoms with E-state index in [-0.39, 0.29) is 11.5 Å². The van der Waals surface area contributed by atoms with Crippen molar-refractivity contribution in [1.82, 2.24) is 0 Å². The third kappa shape index (κ3) is 3.60. The third-order valence-corrected chi connectivity index (χ3v) is 4.63. The van der Waals surface area contributed by atoms with Gasteiger partial charge >= 0.3 is 0 Å². The van der Waals surface area contributed by atoms with Gasteiger partial charge in [-0.2, -0.15) is 0 Å². The van der Waals surface area contributed by atoms with E-state index in [0.29, 0.717) is 5.92 Å². The summed E-state index contributed by atoms with van der Waals surface area (Å²) >= 11 is 0. The molecule has 1 aromatic rings. The number of aliphatic hydroxyl groups excluding tert-OH is 1. The minimum atomic E-state index is -0.276. The number of hydrogen-bond donors (Lipinski definition) is 1. The van der Waals surface area contributed by atoms with Crippen molar-refractivity contribution in [2.24, 2.45) is 11.8 Å². The molecule has 1 saturated carbocycles. The Morgan fingerprint density at radius 1 is 1.00 bits per heavy atom. The lowest BCUT2D eigenvalue weighted by Crippen LogP contribution is -2.19. The molecule has 0 saturated heterocycles. The van der Waals surface area contributed by atoms with Crippen molar-refractivity contribution >= 4 is 0 Å². The summed E-state index contributed by atoms with van der Waals surface area (Å²) in [5, 5.41) is 10.5. The molecule has 0 spiro atoms. The van der Waals surface area contributed by atoms with Crippen molar-refractivity contribution in [3.63, 3.8) is 0 Å². The summed E-state index contributed by atoms with van der Waals surface area (Å²) < 4.78 is 0. The first-order valence-corrected chi connectivity index (χ1v) is 7.66. The fraction of sp³-hybridized carbons (Fsp3) is 0.667. The topological polar surface area (TPSA) is 20.2 Å². The molecule has 1 aliphatic rings. The molecule has 106 valence electrons. The lowest BCUT2D eigenvalue weighted by Gasteiger charge is -2.30. The molecule has 0 bridgehead atoms. The zero-order chi connectivity index (χ0) is 14.0. The van der Waals surface area contributed by atoms with Gasteiger partial charge in [0.05, 0.1) is 6.10 Å². The highest BCUT2D eigenvalue weighted by atomic mass is 16.3. The molecule has 0 aliphatic heterocycles. The maximum atomic E-state index is 10.5. The molecule has 1 unspecified atom stereocenters. The predicted molar refractivity (Wildman–Crippen MR) is 81.2 cm³/mol. The van der Waals surface area contributed by atoms with E-state index in [2.05, 4.69) is 52.0 Å². The normalized spacial score (nSPS) is 26.2. The van der Waals surface area contributed by atoms with E-state index in [1.807, 2.05) is 0 Å². The molecule has 1 nitrogen and oxygen atoms in total. The van der Waals surface area contributed by atoms with Gasteiger partial charge in [0.1, 0.15) is 0 Å². The average Bonchev–Trinajstić information content (AvgIpc) is 2.38. The van der Waals surface area contributed by atoms with Gasteiger partial charge in [0.2, 0.25) is 0 Å². The molecule has 1 N–H and O–H groups in total. The standard InChI is InChI=1S/C18H28O/c1-13-5-7-14(8-6-13)17(19)15-9-11-16(12-10-15)18(2,3)4/h9-14,17,19H,5-8H2,1-4H3. The van der Waals surface area contributed by atoms with Crippen LogP contribution in [0, 0.1) is 11.8 Å². The van der Waals surface area contributed by atoms with Crippen LogP contribution in [0.2, 0.25) is 0 Å². The number of aliphatic hydroxyl groups is 1. The summed E-state index contributed by atoms with van der Waals surface area (Å²) in [7, 11) is 0. The minimum Gasteiger partial charge on any atom is -0.388 e. The van der Waals surface area contributed by atoms with Crippen LogP contribution < -0.4 is 0 Å². The van der Waals surface area contributed by atoms with E-state index < -0.39 is 0 Å². The lowest BCUT2D eigenvalue weighted by atomic mass is 9.78. The van der Waals surface area contributed by atoms with Crippen molar-refractivity contribution in [2.45, 2.75) is 64.9 Å². The zero-order valence-corrected chi connectivity index (χ0v) is 12.8. The second-order valence-electron chi connectivity index (χ2n) is 7.34. The van der Waals surface area contributed by atoms with Crippen molar-refractivity contribution in [1.29, 1.82) is 0 Å². The van der Waals surface area contributed by atoms with Crippen LogP contribution in [-0.4, -0.2) is 5.11 Å².